The number of amides is 1. The fourth-order valence-electron chi connectivity index (χ4n) is 3.69. The maximum Gasteiger partial charge on any atom is 0.223 e. The molecule has 5 nitrogen and oxygen atoms in total. The maximum absolute atomic E-state index is 12.4. The van der Waals surface area contributed by atoms with Crippen molar-refractivity contribution in [2.24, 2.45) is 17.6 Å². The Bertz CT molecular complexity index is 351. The molecule has 1 heterocycles. The van der Waals surface area contributed by atoms with Crippen molar-refractivity contribution in [2.45, 2.75) is 58.1 Å². The Morgan fingerprint density at radius 1 is 1.21 bits per heavy atom. The lowest BCUT2D eigenvalue weighted by Gasteiger charge is -2.33. The Morgan fingerprint density at radius 2 is 1.88 bits per heavy atom. The first-order chi connectivity index (χ1) is 10.6. The van der Waals surface area contributed by atoms with Crippen LogP contribution in [0.25, 0.3) is 0 Å². The van der Waals surface area contributed by atoms with Crippen LogP contribution in [-0.2, 0) is 9.53 Å². The van der Waals surface area contributed by atoms with Gasteiger partial charge in [-0.1, -0.05) is 6.42 Å². The third kappa shape index (κ3) is 7.44. The lowest BCUT2D eigenvalue weighted by molar-refractivity contribution is -0.127. The molecule has 0 unspecified atom stereocenters. The summed E-state index contributed by atoms with van der Waals surface area (Å²) in [4.78, 5) is 14.8. The Hall–Kier alpha value is -0.0700. The van der Waals surface area contributed by atoms with Gasteiger partial charge in [-0.2, -0.15) is 0 Å². The Labute approximate surface area is 159 Å². The predicted molar refractivity (Wildman–Crippen MR) is 103 cm³/mol. The molecular formula is C17H35Cl2N3O2. The summed E-state index contributed by atoms with van der Waals surface area (Å²) in [5.41, 5.74) is 5.78. The number of hydrogen-bond donors (Lipinski definition) is 2. The van der Waals surface area contributed by atoms with E-state index in [9.17, 15) is 4.79 Å². The molecule has 0 aromatic carbocycles. The zero-order valence-electron chi connectivity index (χ0n) is 15.0. The van der Waals surface area contributed by atoms with E-state index in [0.29, 0.717) is 24.6 Å². The van der Waals surface area contributed by atoms with E-state index in [4.69, 9.17) is 10.5 Å². The first-order valence-electron chi connectivity index (χ1n) is 8.94. The van der Waals surface area contributed by atoms with Crippen LogP contribution in [0.1, 0.15) is 46.0 Å². The summed E-state index contributed by atoms with van der Waals surface area (Å²) in [6, 6.07) is 0.341. The molecule has 0 bridgehead atoms. The average molecular weight is 384 g/mol. The molecule has 144 valence electrons. The minimum atomic E-state index is 0. The molecular weight excluding hydrogens is 349 g/mol. The topological polar surface area (TPSA) is 67.6 Å². The van der Waals surface area contributed by atoms with Crippen molar-refractivity contribution >= 4 is 30.7 Å². The highest BCUT2D eigenvalue weighted by molar-refractivity contribution is 5.85. The van der Waals surface area contributed by atoms with Gasteiger partial charge in [-0.25, -0.2) is 0 Å². The molecule has 2 rings (SSSR count). The van der Waals surface area contributed by atoms with E-state index in [-0.39, 0.29) is 36.6 Å². The van der Waals surface area contributed by atoms with E-state index in [1.165, 1.54) is 0 Å². The van der Waals surface area contributed by atoms with Gasteiger partial charge in [0.05, 0.1) is 12.7 Å². The van der Waals surface area contributed by atoms with Crippen LogP contribution in [0.3, 0.4) is 0 Å². The van der Waals surface area contributed by atoms with Crippen LogP contribution in [0, 0.1) is 11.8 Å². The summed E-state index contributed by atoms with van der Waals surface area (Å²) in [7, 11) is 0. The van der Waals surface area contributed by atoms with Gasteiger partial charge in [0.2, 0.25) is 5.91 Å². The summed E-state index contributed by atoms with van der Waals surface area (Å²) in [6.07, 6.45) is 5.68. The van der Waals surface area contributed by atoms with Crippen molar-refractivity contribution in [2.75, 3.05) is 32.8 Å². The summed E-state index contributed by atoms with van der Waals surface area (Å²) in [5.74, 6) is 0.797. The zero-order chi connectivity index (χ0) is 15.9. The normalized spacial score (nSPS) is 25.2. The molecule has 0 aromatic rings. The van der Waals surface area contributed by atoms with Crippen molar-refractivity contribution in [3.05, 3.63) is 0 Å². The summed E-state index contributed by atoms with van der Waals surface area (Å²) >= 11 is 0. The highest BCUT2D eigenvalue weighted by atomic mass is 35.5. The molecule has 0 radical (unpaired) electrons. The summed E-state index contributed by atoms with van der Waals surface area (Å²) < 4.78 is 5.60. The first kappa shape index (κ1) is 23.9. The molecule has 2 fully saturated rings. The van der Waals surface area contributed by atoms with Crippen LogP contribution in [0.4, 0.5) is 0 Å². The molecule has 0 spiro atoms. The zero-order valence-corrected chi connectivity index (χ0v) is 16.7. The van der Waals surface area contributed by atoms with E-state index < -0.39 is 0 Å². The molecule has 0 aromatic heterocycles. The van der Waals surface area contributed by atoms with Gasteiger partial charge in [-0.3, -0.25) is 4.79 Å². The molecule has 2 atom stereocenters. The third-order valence-corrected chi connectivity index (χ3v) is 5.09. The van der Waals surface area contributed by atoms with Gasteiger partial charge >= 0.3 is 0 Å². The van der Waals surface area contributed by atoms with Gasteiger partial charge in [0.15, 0.2) is 0 Å². The molecule has 1 aliphatic carbocycles. The maximum atomic E-state index is 12.4. The van der Waals surface area contributed by atoms with Gasteiger partial charge in [0.25, 0.3) is 0 Å². The molecule has 1 saturated carbocycles. The monoisotopic (exact) mass is 383 g/mol. The average Bonchev–Trinajstić information content (AvgIpc) is 2.97. The highest BCUT2D eigenvalue weighted by Crippen LogP contribution is 2.31. The standard InChI is InChI=1S/C17H33N3O2.2ClH/c1-13(2)22-11-10-20-8-6-15(7-9-20)19-17(21)16-5-3-4-14(16)12-18;;/h13-16H,3-12,18H2,1-2H3,(H,19,21);2*1H/t14-,16-;;/m1../s1. The first-order valence-corrected chi connectivity index (χ1v) is 8.94. The molecule has 1 saturated heterocycles. The second kappa shape index (κ2) is 12.3. The van der Waals surface area contributed by atoms with Crippen LogP contribution in [0.15, 0.2) is 0 Å². The quantitative estimate of drug-likeness (QED) is 0.706. The lowest BCUT2D eigenvalue weighted by Crippen LogP contribution is -2.47. The lowest BCUT2D eigenvalue weighted by atomic mass is 9.94. The van der Waals surface area contributed by atoms with E-state index in [1.54, 1.807) is 0 Å². The fourth-order valence-corrected chi connectivity index (χ4v) is 3.69. The van der Waals surface area contributed by atoms with Gasteiger partial charge in [0.1, 0.15) is 0 Å². The highest BCUT2D eigenvalue weighted by Gasteiger charge is 2.33. The SMILES string of the molecule is CC(C)OCCN1CCC(NC(=O)[C@@H]2CCC[C@@H]2CN)CC1.Cl.Cl. The number of likely N-dealkylation sites (tertiary alicyclic amines) is 1. The molecule has 2 aliphatic rings. The number of rotatable bonds is 7. The summed E-state index contributed by atoms with van der Waals surface area (Å²) in [6.45, 7) is 8.69. The van der Waals surface area contributed by atoms with E-state index >= 15 is 0 Å². The van der Waals surface area contributed by atoms with Crippen molar-refractivity contribution < 1.29 is 9.53 Å². The number of hydrogen-bond acceptors (Lipinski definition) is 4. The van der Waals surface area contributed by atoms with E-state index in [1.807, 2.05) is 0 Å². The number of nitrogens with one attached hydrogen (secondary N) is 1. The third-order valence-electron chi connectivity index (χ3n) is 5.09. The number of nitrogens with two attached hydrogens (primary N) is 1. The van der Waals surface area contributed by atoms with Crippen LogP contribution < -0.4 is 11.1 Å². The van der Waals surface area contributed by atoms with Crippen molar-refractivity contribution in [1.82, 2.24) is 10.2 Å². The Balaban J connectivity index is 0.00000264. The smallest absolute Gasteiger partial charge is 0.223 e. The van der Waals surface area contributed by atoms with E-state index in [2.05, 4.69) is 24.1 Å². The Morgan fingerprint density at radius 3 is 2.46 bits per heavy atom. The molecule has 3 N–H and O–H groups in total. The van der Waals surface area contributed by atoms with Crippen LogP contribution in [-0.4, -0.2) is 55.7 Å². The van der Waals surface area contributed by atoms with Crippen molar-refractivity contribution in [3.63, 3.8) is 0 Å². The number of carbonyl (C=O) groups is 1. The minimum absolute atomic E-state index is 0. The fraction of sp³-hybridized carbons (Fsp3) is 0.941. The molecule has 1 amide bonds. The van der Waals surface area contributed by atoms with Crippen molar-refractivity contribution in [3.8, 4) is 0 Å². The van der Waals surface area contributed by atoms with Gasteiger partial charge in [-0.15, -0.1) is 24.8 Å². The van der Waals surface area contributed by atoms with Crippen molar-refractivity contribution in [1.29, 1.82) is 0 Å². The molecule has 24 heavy (non-hydrogen) atoms. The number of nitrogens with zero attached hydrogens (tertiary/aromatic N) is 1. The number of halogens is 2. The predicted octanol–water partition coefficient (Wildman–Crippen LogP) is 2.21. The molecule has 1 aliphatic heterocycles. The number of ether oxygens (including phenoxy) is 1. The number of piperidine rings is 1. The second-order valence-electron chi connectivity index (χ2n) is 7.08. The van der Waals surface area contributed by atoms with Gasteiger partial charge in [0, 0.05) is 31.6 Å². The molecule has 7 heteroatoms. The largest absolute Gasteiger partial charge is 0.377 e. The van der Waals surface area contributed by atoms with Crippen LogP contribution >= 0.6 is 24.8 Å². The Kier molecular flexibility index (Phi) is 12.3. The summed E-state index contributed by atoms with van der Waals surface area (Å²) in [5, 5.41) is 3.27. The van der Waals surface area contributed by atoms with Crippen LogP contribution in [0.2, 0.25) is 0 Å². The van der Waals surface area contributed by atoms with Gasteiger partial charge in [-0.05, 0) is 52.0 Å². The van der Waals surface area contributed by atoms with E-state index in [0.717, 1.165) is 58.3 Å². The second-order valence-corrected chi connectivity index (χ2v) is 7.08. The minimum Gasteiger partial charge on any atom is -0.377 e. The van der Waals surface area contributed by atoms with Gasteiger partial charge < -0.3 is 20.7 Å². The van der Waals surface area contributed by atoms with Crippen LogP contribution in [0.5, 0.6) is 0 Å². The number of carbonyl (C=O) groups excluding carboxylic acids is 1.